The Morgan fingerprint density at radius 1 is 1.23 bits per heavy atom. The minimum atomic E-state index is -0.435. The van der Waals surface area contributed by atoms with Crippen LogP contribution in [0.15, 0.2) is 52.4 Å². The highest BCUT2D eigenvalue weighted by Crippen LogP contribution is 2.29. The zero-order valence-corrected chi connectivity index (χ0v) is 14.9. The molecule has 0 saturated carbocycles. The summed E-state index contributed by atoms with van der Waals surface area (Å²) in [6.07, 6.45) is 1.61. The van der Waals surface area contributed by atoms with Gasteiger partial charge in [0.2, 0.25) is 0 Å². The number of thioether (sulfide) groups is 1. The number of methoxy groups -OCH3 is 1. The number of amides is 1. The molecule has 3 rings (SSSR count). The van der Waals surface area contributed by atoms with E-state index in [4.69, 9.17) is 4.74 Å². The molecule has 1 heterocycles. The molecule has 0 spiro atoms. The van der Waals surface area contributed by atoms with Gasteiger partial charge in [-0.05, 0) is 54.6 Å². The Labute approximate surface area is 153 Å². The molecule has 8 heteroatoms. The molecule has 1 amide bonds. The quantitative estimate of drug-likeness (QED) is 0.502. The highest BCUT2D eigenvalue weighted by Gasteiger charge is 2.24. The number of hydrogen-bond donors (Lipinski definition) is 1. The molecule has 1 N–H and O–H groups in total. The fourth-order valence-electron chi connectivity index (χ4n) is 2.32. The van der Waals surface area contributed by atoms with E-state index >= 15 is 0 Å². The summed E-state index contributed by atoms with van der Waals surface area (Å²) < 4.78 is 5.09. The van der Waals surface area contributed by atoms with Crippen LogP contribution in [0.2, 0.25) is 0 Å². The highest BCUT2D eigenvalue weighted by molar-refractivity contribution is 8.18. The number of nitro benzene ring substituents is 1. The summed E-state index contributed by atoms with van der Waals surface area (Å²) in [6, 6.07) is 12.0. The van der Waals surface area contributed by atoms with Gasteiger partial charge in [-0.1, -0.05) is 12.1 Å². The van der Waals surface area contributed by atoms with Crippen LogP contribution in [-0.4, -0.2) is 23.1 Å². The van der Waals surface area contributed by atoms with Crippen molar-refractivity contribution in [3.8, 4) is 5.75 Å². The number of benzene rings is 2. The van der Waals surface area contributed by atoms with E-state index in [2.05, 4.69) is 10.3 Å². The molecule has 2 aromatic carbocycles. The van der Waals surface area contributed by atoms with Crippen molar-refractivity contribution in [2.45, 2.75) is 6.92 Å². The van der Waals surface area contributed by atoms with Crippen molar-refractivity contribution in [2.24, 2.45) is 4.99 Å². The van der Waals surface area contributed by atoms with E-state index in [1.165, 1.54) is 17.8 Å². The average Bonchev–Trinajstić information content (AvgIpc) is 2.96. The van der Waals surface area contributed by atoms with Gasteiger partial charge in [0.15, 0.2) is 5.17 Å². The molecular weight excluding hydrogens is 354 g/mol. The topological polar surface area (TPSA) is 93.8 Å². The Morgan fingerprint density at radius 2 is 1.96 bits per heavy atom. The second-order valence-electron chi connectivity index (χ2n) is 5.48. The van der Waals surface area contributed by atoms with Gasteiger partial charge in [0.1, 0.15) is 5.75 Å². The molecule has 0 unspecified atom stereocenters. The Kier molecular flexibility index (Phi) is 5.04. The van der Waals surface area contributed by atoms with Gasteiger partial charge in [0.25, 0.3) is 11.6 Å². The molecule has 0 bridgehead atoms. The van der Waals surface area contributed by atoms with Crippen molar-refractivity contribution in [3.63, 3.8) is 0 Å². The SMILES string of the molecule is COc1ccc(N=C2NC(=O)/C(=C\c3ccc(C)c([N+](=O)[O-])c3)S2)cc1. The van der Waals surface area contributed by atoms with Crippen molar-refractivity contribution in [2.75, 3.05) is 7.11 Å². The first-order valence-corrected chi connectivity index (χ1v) is 8.46. The molecule has 2 aromatic rings. The molecule has 26 heavy (non-hydrogen) atoms. The summed E-state index contributed by atoms with van der Waals surface area (Å²) in [5, 5.41) is 14.2. The standard InChI is InChI=1S/C18H15N3O4S/c1-11-3-4-12(9-15(11)21(23)24)10-16-17(22)20-18(26-16)19-13-5-7-14(25-2)8-6-13/h3-10H,1-2H3,(H,19,20,22)/b16-10+. The molecule has 1 aliphatic heterocycles. The summed E-state index contributed by atoms with van der Waals surface area (Å²) in [6.45, 7) is 1.67. The molecule has 0 aromatic heterocycles. The summed E-state index contributed by atoms with van der Waals surface area (Å²) in [7, 11) is 1.58. The number of hydrogen-bond acceptors (Lipinski definition) is 6. The van der Waals surface area contributed by atoms with Crippen molar-refractivity contribution in [1.29, 1.82) is 0 Å². The largest absolute Gasteiger partial charge is 0.497 e. The van der Waals surface area contributed by atoms with Crippen LogP contribution in [0.25, 0.3) is 6.08 Å². The smallest absolute Gasteiger partial charge is 0.272 e. The van der Waals surface area contributed by atoms with Crippen molar-refractivity contribution in [1.82, 2.24) is 5.32 Å². The van der Waals surface area contributed by atoms with E-state index < -0.39 is 4.92 Å². The molecule has 1 saturated heterocycles. The van der Waals surface area contributed by atoms with E-state index in [0.717, 1.165) is 5.75 Å². The molecule has 132 valence electrons. The number of carbonyl (C=O) groups excluding carboxylic acids is 1. The monoisotopic (exact) mass is 369 g/mol. The Bertz CT molecular complexity index is 936. The summed E-state index contributed by atoms with van der Waals surface area (Å²) in [4.78, 5) is 27.5. The first-order valence-electron chi connectivity index (χ1n) is 7.65. The van der Waals surface area contributed by atoms with E-state index in [9.17, 15) is 14.9 Å². The Hall–Kier alpha value is -3.13. The minimum absolute atomic E-state index is 0.0230. The highest BCUT2D eigenvalue weighted by atomic mass is 32.2. The average molecular weight is 369 g/mol. The number of ether oxygens (including phenoxy) is 1. The lowest BCUT2D eigenvalue weighted by molar-refractivity contribution is -0.385. The Morgan fingerprint density at radius 3 is 2.62 bits per heavy atom. The van der Waals surface area contributed by atoms with Crippen LogP contribution in [0.3, 0.4) is 0 Å². The van der Waals surface area contributed by atoms with Gasteiger partial charge in [-0.2, -0.15) is 0 Å². The molecule has 1 aliphatic rings. The summed E-state index contributed by atoms with van der Waals surface area (Å²) >= 11 is 1.19. The van der Waals surface area contributed by atoms with Crippen LogP contribution < -0.4 is 10.1 Å². The molecule has 1 fully saturated rings. The van der Waals surface area contributed by atoms with Gasteiger partial charge in [-0.25, -0.2) is 4.99 Å². The van der Waals surface area contributed by atoms with Crippen LogP contribution in [0.5, 0.6) is 5.75 Å². The van der Waals surface area contributed by atoms with E-state index in [1.54, 1.807) is 56.5 Å². The van der Waals surface area contributed by atoms with Crippen LogP contribution in [0.4, 0.5) is 11.4 Å². The van der Waals surface area contributed by atoms with Gasteiger partial charge in [0, 0.05) is 11.6 Å². The molecule has 7 nitrogen and oxygen atoms in total. The maximum atomic E-state index is 12.1. The first-order chi connectivity index (χ1) is 12.5. The van der Waals surface area contributed by atoms with Crippen LogP contribution in [0, 0.1) is 17.0 Å². The van der Waals surface area contributed by atoms with E-state index in [1.807, 2.05) is 0 Å². The third-order valence-electron chi connectivity index (χ3n) is 3.68. The summed E-state index contributed by atoms with van der Waals surface area (Å²) in [5.41, 5.74) is 1.86. The Balaban J connectivity index is 1.83. The maximum absolute atomic E-state index is 12.1. The van der Waals surface area contributed by atoms with Crippen molar-refractivity contribution in [3.05, 3.63) is 68.6 Å². The number of aliphatic imine (C=N–C) groups is 1. The number of rotatable bonds is 4. The normalized spacial score (nSPS) is 16.8. The van der Waals surface area contributed by atoms with Gasteiger partial charge in [-0.3, -0.25) is 14.9 Å². The van der Waals surface area contributed by atoms with Gasteiger partial charge < -0.3 is 10.1 Å². The minimum Gasteiger partial charge on any atom is -0.497 e. The number of carbonyl (C=O) groups is 1. The van der Waals surface area contributed by atoms with E-state index in [0.29, 0.717) is 26.9 Å². The number of amidine groups is 1. The second-order valence-corrected chi connectivity index (χ2v) is 6.51. The lowest BCUT2D eigenvalue weighted by Gasteiger charge is -2.00. The molecule has 0 atom stereocenters. The van der Waals surface area contributed by atoms with Gasteiger partial charge in [-0.15, -0.1) is 0 Å². The zero-order valence-electron chi connectivity index (χ0n) is 14.1. The fourth-order valence-corrected chi connectivity index (χ4v) is 3.16. The maximum Gasteiger partial charge on any atom is 0.272 e. The summed E-state index contributed by atoms with van der Waals surface area (Å²) in [5.74, 6) is 0.434. The van der Waals surface area contributed by atoms with Crippen molar-refractivity contribution < 1.29 is 14.5 Å². The molecule has 0 radical (unpaired) electrons. The first kappa shape index (κ1) is 17.7. The molecule has 0 aliphatic carbocycles. The lowest BCUT2D eigenvalue weighted by Crippen LogP contribution is -2.19. The third-order valence-corrected chi connectivity index (χ3v) is 4.59. The van der Waals surface area contributed by atoms with Gasteiger partial charge >= 0.3 is 0 Å². The third kappa shape index (κ3) is 3.92. The van der Waals surface area contributed by atoms with Crippen LogP contribution in [-0.2, 0) is 4.79 Å². The van der Waals surface area contributed by atoms with Crippen LogP contribution in [0.1, 0.15) is 11.1 Å². The van der Waals surface area contributed by atoms with Crippen molar-refractivity contribution >= 4 is 40.3 Å². The van der Waals surface area contributed by atoms with Crippen LogP contribution >= 0.6 is 11.8 Å². The van der Waals surface area contributed by atoms with Gasteiger partial charge in [0.05, 0.1) is 22.6 Å². The lowest BCUT2D eigenvalue weighted by atomic mass is 10.1. The number of aryl methyl sites for hydroxylation is 1. The molecular formula is C18H15N3O4S. The predicted octanol–water partition coefficient (Wildman–Crippen LogP) is 3.80. The van der Waals surface area contributed by atoms with E-state index in [-0.39, 0.29) is 11.6 Å². The zero-order chi connectivity index (χ0) is 18.7. The number of nitrogens with zero attached hydrogens (tertiary/aromatic N) is 2. The number of nitrogens with one attached hydrogen (secondary N) is 1. The second kappa shape index (κ2) is 7.40. The number of nitro groups is 1. The predicted molar refractivity (Wildman–Crippen MR) is 102 cm³/mol. The fraction of sp³-hybridized carbons (Fsp3) is 0.111.